The largest absolute Gasteiger partial charge is 0.494 e. The van der Waals surface area contributed by atoms with Crippen molar-refractivity contribution in [3.05, 3.63) is 91.0 Å². The van der Waals surface area contributed by atoms with Gasteiger partial charge >= 0.3 is 0 Å². The minimum atomic E-state index is -4.19. The van der Waals surface area contributed by atoms with E-state index in [1.165, 1.54) is 46.6 Å². The van der Waals surface area contributed by atoms with Gasteiger partial charge in [-0.15, -0.1) is 11.3 Å². The summed E-state index contributed by atoms with van der Waals surface area (Å²) < 4.78 is 32.8. The summed E-state index contributed by atoms with van der Waals surface area (Å²) in [6, 6.07) is 13.7. The van der Waals surface area contributed by atoms with Crippen LogP contribution < -0.4 is 9.64 Å². The number of benzene rings is 2. The van der Waals surface area contributed by atoms with Crippen molar-refractivity contribution in [2.75, 3.05) is 11.5 Å². The molecule has 1 aliphatic rings. The Morgan fingerprint density at radius 3 is 2.52 bits per heavy atom. The van der Waals surface area contributed by atoms with Gasteiger partial charge in [0.2, 0.25) is 9.84 Å². The van der Waals surface area contributed by atoms with Crippen LogP contribution in [0.1, 0.15) is 28.3 Å². The summed E-state index contributed by atoms with van der Waals surface area (Å²) >= 11 is 1.33. The van der Waals surface area contributed by atoms with E-state index in [1.807, 2.05) is 25.3 Å². The number of rotatable bonds is 6. The van der Waals surface area contributed by atoms with Crippen molar-refractivity contribution in [3.63, 3.8) is 0 Å². The summed E-state index contributed by atoms with van der Waals surface area (Å²) in [5.41, 5.74) is 1.07. The van der Waals surface area contributed by atoms with Gasteiger partial charge in [0.1, 0.15) is 10.7 Å². The van der Waals surface area contributed by atoms with Gasteiger partial charge in [0, 0.05) is 22.7 Å². The molecule has 0 spiro atoms. The van der Waals surface area contributed by atoms with Crippen LogP contribution in [0.3, 0.4) is 0 Å². The van der Waals surface area contributed by atoms with E-state index >= 15 is 0 Å². The molecule has 0 aliphatic carbocycles. The second-order valence-corrected chi connectivity index (χ2v) is 10.3. The average molecular weight is 485 g/mol. The van der Waals surface area contributed by atoms with Crippen molar-refractivity contribution in [2.45, 2.75) is 19.2 Å². The van der Waals surface area contributed by atoms with Crippen LogP contribution in [0.4, 0.5) is 11.4 Å². The number of nitro benzene ring substituents is 1. The van der Waals surface area contributed by atoms with Crippen LogP contribution in [-0.2, 0) is 14.6 Å². The van der Waals surface area contributed by atoms with Crippen LogP contribution in [0.15, 0.2) is 64.9 Å². The van der Waals surface area contributed by atoms with Gasteiger partial charge in [-0.3, -0.25) is 19.8 Å². The Morgan fingerprint density at radius 1 is 1.18 bits per heavy atom. The van der Waals surface area contributed by atoms with Crippen molar-refractivity contribution in [3.8, 4) is 5.75 Å². The van der Waals surface area contributed by atoms with E-state index in [-0.39, 0.29) is 16.2 Å². The molecule has 33 heavy (non-hydrogen) atoms. The Balaban J connectivity index is 1.90. The fraction of sp³-hybridized carbons (Fsp3) is 0.174. The van der Waals surface area contributed by atoms with Gasteiger partial charge in [-0.2, -0.15) is 0 Å². The third-order valence-electron chi connectivity index (χ3n) is 5.22. The highest BCUT2D eigenvalue weighted by Crippen LogP contribution is 2.44. The van der Waals surface area contributed by atoms with Gasteiger partial charge in [0.25, 0.3) is 11.6 Å². The van der Waals surface area contributed by atoms with Crippen molar-refractivity contribution >= 4 is 44.5 Å². The summed E-state index contributed by atoms with van der Waals surface area (Å²) in [6.07, 6.45) is 1.39. The molecule has 8 nitrogen and oxygen atoms in total. The number of carbonyl (C=O) groups is 1. The zero-order valence-electron chi connectivity index (χ0n) is 17.8. The maximum Gasteiger partial charge on any atom is 0.271 e. The number of aryl methyl sites for hydroxylation is 1. The molecule has 1 atom stereocenters. The summed E-state index contributed by atoms with van der Waals surface area (Å²) in [4.78, 5) is 25.7. The van der Waals surface area contributed by atoms with E-state index in [1.54, 1.807) is 24.3 Å². The number of nitrogens with zero attached hydrogens (tertiary/aromatic N) is 2. The van der Waals surface area contributed by atoms with Crippen molar-refractivity contribution in [2.24, 2.45) is 0 Å². The molecule has 3 aromatic rings. The van der Waals surface area contributed by atoms with E-state index in [0.29, 0.717) is 22.9 Å². The van der Waals surface area contributed by atoms with Gasteiger partial charge < -0.3 is 4.74 Å². The molecule has 2 heterocycles. The van der Waals surface area contributed by atoms with Crippen molar-refractivity contribution in [1.29, 1.82) is 0 Å². The van der Waals surface area contributed by atoms with E-state index in [4.69, 9.17) is 4.74 Å². The minimum Gasteiger partial charge on any atom is -0.494 e. The lowest BCUT2D eigenvalue weighted by atomic mass is 10.1. The lowest BCUT2D eigenvalue weighted by molar-refractivity contribution is -0.384. The fourth-order valence-corrected chi connectivity index (χ4v) is 6.44. The molecule has 2 aromatic carbocycles. The van der Waals surface area contributed by atoms with E-state index in [2.05, 4.69) is 0 Å². The number of hydrogen-bond acceptors (Lipinski definition) is 7. The number of anilines is 1. The number of nitro groups is 1. The van der Waals surface area contributed by atoms with Crippen molar-refractivity contribution in [1.82, 2.24) is 0 Å². The Hall–Kier alpha value is -3.50. The van der Waals surface area contributed by atoms with Crippen LogP contribution in [0.2, 0.25) is 0 Å². The predicted octanol–water partition coefficient (Wildman–Crippen LogP) is 4.86. The third kappa shape index (κ3) is 4.14. The molecule has 0 unspecified atom stereocenters. The monoisotopic (exact) mass is 484 g/mol. The Morgan fingerprint density at radius 2 is 1.91 bits per heavy atom. The van der Waals surface area contributed by atoms with Crippen LogP contribution in [0, 0.1) is 17.0 Å². The lowest BCUT2D eigenvalue weighted by Crippen LogP contribution is -2.29. The number of ether oxygens (including phenoxy) is 1. The maximum absolute atomic E-state index is 13.7. The maximum atomic E-state index is 13.7. The number of sulfone groups is 1. The second-order valence-electron chi connectivity index (χ2n) is 7.33. The zero-order valence-corrected chi connectivity index (χ0v) is 19.4. The fourth-order valence-electron chi connectivity index (χ4n) is 3.64. The number of hydrogen-bond donors (Lipinski definition) is 0. The Kier molecular flexibility index (Phi) is 6.05. The number of thiophene rings is 1. The standard InChI is InChI=1S/C23H20N2O6S2/c1-3-31-19-9-7-17(8-10-19)24-22(26)21(14-20-15(2)11-12-32-20)33(29,30)23(24)16-5-4-6-18(13-16)25(27)28/h4-14,23H,3H2,1-2H3/b21-14+/t23-/m1/s1. The molecular weight excluding hydrogens is 464 g/mol. The SMILES string of the molecule is CCOc1ccc(N2C(=O)/C(=C\c3sccc3C)S(=O)(=O)[C@@H]2c2cccc([N+](=O)[O-])c2)cc1. The molecule has 4 rings (SSSR count). The Labute approximate surface area is 194 Å². The summed E-state index contributed by atoms with van der Waals surface area (Å²) in [5, 5.41) is 11.7. The number of carbonyl (C=O) groups excluding carboxylic acids is 1. The molecule has 1 aliphatic heterocycles. The predicted molar refractivity (Wildman–Crippen MR) is 127 cm³/mol. The van der Waals surface area contributed by atoms with Crippen LogP contribution in [-0.4, -0.2) is 25.9 Å². The second kappa shape index (κ2) is 8.80. The smallest absolute Gasteiger partial charge is 0.271 e. The van der Waals surface area contributed by atoms with E-state index in [9.17, 15) is 23.3 Å². The highest BCUT2D eigenvalue weighted by atomic mass is 32.2. The average Bonchev–Trinajstić information content (AvgIpc) is 3.28. The minimum absolute atomic E-state index is 0.137. The van der Waals surface area contributed by atoms with Gasteiger partial charge in [-0.25, -0.2) is 8.42 Å². The summed E-state index contributed by atoms with van der Waals surface area (Å²) in [5.74, 6) is -0.115. The third-order valence-corrected chi connectivity index (χ3v) is 8.16. The van der Waals surface area contributed by atoms with Crippen LogP contribution in [0.5, 0.6) is 5.75 Å². The first kappa shape index (κ1) is 22.7. The van der Waals surface area contributed by atoms with Crippen LogP contribution >= 0.6 is 11.3 Å². The first-order valence-corrected chi connectivity index (χ1v) is 12.5. The molecule has 0 saturated carbocycles. The van der Waals surface area contributed by atoms with Gasteiger partial charge in [-0.05, 0) is 66.8 Å². The summed E-state index contributed by atoms with van der Waals surface area (Å²) in [6.45, 7) is 4.13. The first-order chi connectivity index (χ1) is 15.7. The number of non-ortho nitro benzene ring substituents is 1. The first-order valence-electron chi connectivity index (χ1n) is 10.0. The molecule has 0 bridgehead atoms. The van der Waals surface area contributed by atoms with E-state index in [0.717, 1.165) is 5.56 Å². The Bertz CT molecular complexity index is 1360. The van der Waals surface area contributed by atoms with Crippen LogP contribution in [0.25, 0.3) is 6.08 Å². The molecule has 0 N–H and O–H groups in total. The normalized spacial score (nSPS) is 18.6. The van der Waals surface area contributed by atoms with Gasteiger partial charge in [0.05, 0.1) is 11.5 Å². The van der Waals surface area contributed by atoms with E-state index < -0.39 is 26.0 Å². The van der Waals surface area contributed by atoms with Gasteiger partial charge in [-0.1, -0.05) is 12.1 Å². The highest BCUT2D eigenvalue weighted by Gasteiger charge is 2.50. The van der Waals surface area contributed by atoms with Crippen molar-refractivity contribution < 1.29 is 22.9 Å². The van der Waals surface area contributed by atoms with Gasteiger partial charge in [0.15, 0.2) is 5.37 Å². The zero-order chi connectivity index (χ0) is 23.8. The summed E-state index contributed by atoms with van der Waals surface area (Å²) in [7, 11) is -4.19. The molecule has 1 amide bonds. The molecule has 1 saturated heterocycles. The molecule has 0 radical (unpaired) electrons. The molecule has 1 fully saturated rings. The quantitative estimate of drug-likeness (QED) is 0.281. The lowest BCUT2D eigenvalue weighted by Gasteiger charge is -2.23. The molecule has 1 aromatic heterocycles. The molecule has 170 valence electrons. The number of amides is 1. The highest BCUT2D eigenvalue weighted by molar-refractivity contribution is 7.97. The topological polar surface area (TPSA) is 107 Å². The molecular formula is C23H20N2O6S2. The molecule has 10 heteroatoms.